The molecule has 2 heterocycles. The molecule has 3 aromatic rings. The van der Waals surface area contributed by atoms with Crippen molar-refractivity contribution >= 4 is 34.2 Å². The Kier molecular flexibility index (Phi) is 3.52. The number of benzene rings is 1. The smallest absolute Gasteiger partial charge is 0.164 e. The number of nitrogens with zero attached hydrogens (tertiary/aromatic N) is 2. The number of halogens is 2. The second-order valence-electron chi connectivity index (χ2n) is 3.88. The van der Waals surface area contributed by atoms with E-state index in [2.05, 4.69) is 32.6 Å². The average molecular weight is 383 g/mol. The minimum atomic E-state index is 0.450. The van der Waals surface area contributed by atoms with Gasteiger partial charge in [-0.15, -0.1) is 0 Å². The molecule has 0 fully saturated rings. The standard InChI is InChI=1S/C14H8ClIN2O/c15-13-11(16)12(9-4-2-1-3-5-9)17-14(18-13)10-6-7-19-8-10/h1-8H. The SMILES string of the molecule is Clc1nc(-c2ccoc2)nc(-c2ccccc2)c1I. The highest BCUT2D eigenvalue weighted by atomic mass is 127. The largest absolute Gasteiger partial charge is 0.472 e. The minimum absolute atomic E-state index is 0.450. The van der Waals surface area contributed by atoms with Crippen LogP contribution < -0.4 is 0 Å². The van der Waals surface area contributed by atoms with Gasteiger partial charge in [-0.2, -0.15) is 0 Å². The summed E-state index contributed by atoms with van der Waals surface area (Å²) in [6.07, 6.45) is 3.19. The highest BCUT2D eigenvalue weighted by Gasteiger charge is 2.14. The van der Waals surface area contributed by atoms with Gasteiger partial charge >= 0.3 is 0 Å². The van der Waals surface area contributed by atoms with Crippen LogP contribution in [-0.2, 0) is 0 Å². The molecule has 0 saturated heterocycles. The lowest BCUT2D eigenvalue weighted by molar-refractivity contribution is 0.568. The van der Waals surface area contributed by atoms with Crippen LogP contribution in [0, 0.1) is 3.57 Å². The molecular weight excluding hydrogens is 375 g/mol. The van der Waals surface area contributed by atoms with Crippen molar-refractivity contribution in [2.24, 2.45) is 0 Å². The maximum Gasteiger partial charge on any atom is 0.164 e. The molecule has 2 aromatic heterocycles. The van der Waals surface area contributed by atoms with Gasteiger partial charge in [0.05, 0.1) is 21.1 Å². The van der Waals surface area contributed by atoms with Crippen LogP contribution in [0.2, 0.25) is 5.15 Å². The highest BCUT2D eigenvalue weighted by Crippen LogP contribution is 2.30. The molecule has 0 saturated carbocycles. The van der Waals surface area contributed by atoms with Crippen LogP contribution in [0.3, 0.4) is 0 Å². The van der Waals surface area contributed by atoms with Gasteiger partial charge < -0.3 is 4.42 Å². The van der Waals surface area contributed by atoms with Crippen molar-refractivity contribution in [1.29, 1.82) is 0 Å². The Morgan fingerprint density at radius 2 is 1.79 bits per heavy atom. The number of rotatable bonds is 2. The van der Waals surface area contributed by atoms with Gasteiger partial charge in [0, 0.05) is 5.56 Å². The lowest BCUT2D eigenvalue weighted by Gasteiger charge is -2.07. The molecule has 0 aliphatic carbocycles. The van der Waals surface area contributed by atoms with Crippen LogP contribution in [0.4, 0.5) is 0 Å². The fourth-order valence-electron chi connectivity index (χ4n) is 1.73. The summed E-state index contributed by atoms with van der Waals surface area (Å²) >= 11 is 8.36. The number of aromatic nitrogens is 2. The molecule has 0 amide bonds. The van der Waals surface area contributed by atoms with Crippen LogP contribution in [0.25, 0.3) is 22.6 Å². The third-order valence-electron chi connectivity index (χ3n) is 2.64. The first kappa shape index (κ1) is 12.6. The molecule has 94 valence electrons. The van der Waals surface area contributed by atoms with E-state index in [1.807, 2.05) is 36.4 Å². The van der Waals surface area contributed by atoms with Crippen molar-refractivity contribution in [3.8, 4) is 22.6 Å². The van der Waals surface area contributed by atoms with Gasteiger partial charge in [-0.1, -0.05) is 41.9 Å². The first-order chi connectivity index (χ1) is 9.25. The van der Waals surface area contributed by atoms with Crippen molar-refractivity contribution in [2.75, 3.05) is 0 Å². The molecular formula is C14H8ClIN2O. The summed E-state index contributed by atoms with van der Waals surface area (Å²) in [7, 11) is 0. The first-order valence-electron chi connectivity index (χ1n) is 5.57. The third-order valence-corrected chi connectivity index (χ3v) is 4.25. The molecule has 0 spiro atoms. The zero-order chi connectivity index (χ0) is 13.2. The lowest BCUT2D eigenvalue weighted by Crippen LogP contribution is -1.96. The molecule has 3 rings (SSSR count). The van der Waals surface area contributed by atoms with E-state index in [0.717, 1.165) is 20.4 Å². The molecule has 3 nitrogen and oxygen atoms in total. The summed E-state index contributed by atoms with van der Waals surface area (Å²) in [5, 5.41) is 0.450. The molecule has 19 heavy (non-hydrogen) atoms. The van der Waals surface area contributed by atoms with E-state index in [1.165, 1.54) is 0 Å². The van der Waals surface area contributed by atoms with Gasteiger partial charge in [-0.25, -0.2) is 9.97 Å². The van der Waals surface area contributed by atoms with Crippen molar-refractivity contribution < 1.29 is 4.42 Å². The van der Waals surface area contributed by atoms with Crippen LogP contribution in [0.5, 0.6) is 0 Å². The van der Waals surface area contributed by atoms with Gasteiger partial charge in [0.25, 0.3) is 0 Å². The van der Waals surface area contributed by atoms with E-state index in [9.17, 15) is 0 Å². The van der Waals surface area contributed by atoms with Gasteiger partial charge in [-0.05, 0) is 28.7 Å². The predicted octanol–water partition coefficient (Wildman–Crippen LogP) is 4.66. The Hall–Kier alpha value is -1.40. The second-order valence-corrected chi connectivity index (χ2v) is 5.32. The minimum Gasteiger partial charge on any atom is -0.472 e. The predicted molar refractivity (Wildman–Crippen MR) is 82.9 cm³/mol. The molecule has 0 N–H and O–H groups in total. The quantitative estimate of drug-likeness (QED) is 0.478. The lowest BCUT2D eigenvalue weighted by atomic mass is 10.1. The molecule has 0 unspecified atom stereocenters. The Bertz CT molecular complexity index is 699. The van der Waals surface area contributed by atoms with Crippen molar-refractivity contribution in [3.05, 3.63) is 57.6 Å². The Labute approximate surface area is 128 Å². The number of furan rings is 1. The van der Waals surface area contributed by atoms with Crippen LogP contribution in [0.15, 0.2) is 53.3 Å². The molecule has 0 aliphatic heterocycles. The molecule has 0 radical (unpaired) electrons. The van der Waals surface area contributed by atoms with Gasteiger partial charge in [0.2, 0.25) is 0 Å². The van der Waals surface area contributed by atoms with Gasteiger partial charge in [0.15, 0.2) is 5.82 Å². The van der Waals surface area contributed by atoms with Gasteiger partial charge in [-0.3, -0.25) is 0 Å². The Morgan fingerprint density at radius 1 is 1.00 bits per heavy atom. The third kappa shape index (κ3) is 2.50. The summed E-state index contributed by atoms with van der Waals surface area (Å²) in [4.78, 5) is 8.87. The second kappa shape index (κ2) is 5.30. The number of hydrogen-bond donors (Lipinski definition) is 0. The van der Waals surface area contributed by atoms with Gasteiger partial charge in [0.1, 0.15) is 11.4 Å². The van der Waals surface area contributed by atoms with Crippen molar-refractivity contribution in [2.45, 2.75) is 0 Å². The fourth-order valence-corrected chi connectivity index (χ4v) is 2.45. The van der Waals surface area contributed by atoms with Crippen LogP contribution >= 0.6 is 34.2 Å². The summed E-state index contributed by atoms with van der Waals surface area (Å²) in [5.41, 5.74) is 2.66. The average Bonchev–Trinajstić information content (AvgIpc) is 2.97. The Morgan fingerprint density at radius 3 is 2.47 bits per heavy atom. The Balaban J connectivity index is 2.20. The van der Waals surface area contributed by atoms with Crippen LogP contribution in [-0.4, -0.2) is 9.97 Å². The van der Waals surface area contributed by atoms with E-state index in [-0.39, 0.29) is 0 Å². The first-order valence-corrected chi connectivity index (χ1v) is 7.02. The molecule has 5 heteroatoms. The summed E-state index contributed by atoms with van der Waals surface area (Å²) in [6.45, 7) is 0. The molecule has 0 aliphatic rings. The summed E-state index contributed by atoms with van der Waals surface area (Å²) in [5.74, 6) is 0.568. The maximum absolute atomic E-state index is 6.20. The van der Waals surface area contributed by atoms with E-state index < -0.39 is 0 Å². The zero-order valence-corrected chi connectivity index (χ0v) is 12.6. The highest BCUT2D eigenvalue weighted by molar-refractivity contribution is 14.1. The molecule has 0 atom stereocenters. The van der Waals surface area contributed by atoms with E-state index in [4.69, 9.17) is 16.0 Å². The topological polar surface area (TPSA) is 38.9 Å². The van der Waals surface area contributed by atoms with Crippen molar-refractivity contribution in [1.82, 2.24) is 9.97 Å². The van der Waals surface area contributed by atoms with Crippen LogP contribution in [0.1, 0.15) is 0 Å². The van der Waals surface area contributed by atoms with E-state index in [0.29, 0.717) is 11.0 Å². The summed E-state index contributed by atoms with van der Waals surface area (Å²) in [6, 6.07) is 11.7. The molecule has 1 aromatic carbocycles. The normalized spacial score (nSPS) is 10.6. The number of hydrogen-bond acceptors (Lipinski definition) is 3. The fraction of sp³-hybridized carbons (Fsp3) is 0. The van der Waals surface area contributed by atoms with Crippen molar-refractivity contribution in [3.63, 3.8) is 0 Å². The maximum atomic E-state index is 6.20. The summed E-state index contributed by atoms with van der Waals surface area (Å²) < 4.78 is 5.90. The molecule has 0 bridgehead atoms. The monoisotopic (exact) mass is 382 g/mol. The van der Waals surface area contributed by atoms with E-state index >= 15 is 0 Å². The van der Waals surface area contributed by atoms with E-state index in [1.54, 1.807) is 12.5 Å². The zero-order valence-electron chi connectivity index (χ0n) is 9.68.